The summed E-state index contributed by atoms with van der Waals surface area (Å²) in [6, 6.07) is 13.3. The van der Waals surface area contributed by atoms with E-state index in [1.54, 1.807) is 7.11 Å². The molecule has 0 fully saturated rings. The van der Waals surface area contributed by atoms with Crippen molar-refractivity contribution in [2.45, 2.75) is 33.0 Å². The predicted octanol–water partition coefficient (Wildman–Crippen LogP) is 3.87. The molecule has 21 heavy (non-hydrogen) atoms. The third-order valence-electron chi connectivity index (χ3n) is 3.26. The molecule has 0 aliphatic rings. The van der Waals surface area contributed by atoms with Crippen LogP contribution in [0.1, 0.15) is 36.6 Å². The molecule has 1 N–H and O–H groups in total. The first-order valence-electron chi connectivity index (χ1n) is 7.11. The zero-order chi connectivity index (χ0) is 15.4. The van der Waals surface area contributed by atoms with Crippen molar-refractivity contribution in [1.29, 1.82) is 0 Å². The van der Waals surface area contributed by atoms with Crippen LogP contribution in [0.15, 0.2) is 42.5 Å². The number of methoxy groups -OCH3 is 1. The molecule has 112 valence electrons. The van der Waals surface area contributed by atoms with Crippen LogP contribution in [0, 0.1) is 6.92 Å². The number of aliphatic hydroxyl groups is 1. The molecule has 2 rings (SSSR count). The topological polar surface area (TPSA) is 38.7 Å². The molecule has 1 atom stereocenters. The molecule has 0 radical (unpaired) electrons. The van der Waals surface area contributed by atoms with E-state index in [0.717, 1.165) is 16.7 Å². The number of ether oxygens (including phenoxy) is 2. The Balaban J connectivity index is 2.45. The molecule has 0 aliphatic carbocycles. The molecular weight excluding hydrogens is 264 g/mol. The maximum absolute atomic E-state index is 10.8. The van der Waals surface area contributed by atoms with Crippen molar-refractivity contribution in [2.24, 2.45) is 0 Å². The van der Waals surface area contributed by atoms with Crippen molar-refractivity contribution in [3.8, 4) is 11.5 Å². The lowest BCUT2D eigenvalue weighted by Crippen LogP contribution is -2.10. The molecule has 0 heterocycles. The average Bonchev–Trinajstić information content (AvgIpc) is 2.46. The van der Waals surface area contributed by atoms with E-state index in [2.05, 4.69) is 0 Å². The number of hydrogen-bond acceptors (Lipinski definition) is 3. The molecule has 0 aliphatic heterocycles. The van der Waals surface area contributed by atoms with Crippen molar-refractivity contribution in [1.82, 2.24) is 0 Å². The van der Waals surface area contributed by atoms with E-state index in [9.17, 15) is 5.11 Å². The van der Waals surface area contributed by atoms with Gasteiger partial charge in [0.15, 0.2) is 0 Å². The van der Waals surface area contributed by atoms with Crippen LogP contribution < -0.4 is 9.47 Å². The highest BCUT2D eigenvalue weighted by molar-refractivity contribution is 5.46. The van der Waals surface area contributed by atoms with E-state index < -0.39 is 6.10 Å². The highest BCUT2D eigenvalue weighted by Gasteiger charge is 2.19. The molecule has 0 bridgehead atoms. The fourth-order valence-electron chi connectivity index (χ4n) is 2.30. The van der Waals surface area contributed by atoms with Crippen LogP contribution in [-0.4, -0.2) is 18.3 Å². The van der Waals surface area contributed by atoms with Gasteiger partial charge in [-0.15, -0.1) is 0 Å². The van der Waals surface area contributed by atoms with E-state index in [0.29, 0.717) is 11.5 Å². The first-order chi connectivity index (χ1) is 10.0. The zero-order valence-corrected chi connectivity index (χ0v) is 13.0. The summed E-state index contributed by atoms with van der Waals surface area (Å²) in [7, 11) is 1.61. The second-order valence-corrected chi connectivity index (χ2v) is 5.35. The first-order valence-corrected chi connectivity index (χ1v) is 7.11. The molecule has 0 saturated heterocycles. The van der Waals surface area contributed by atoms with Crippen molar-refractivity contribution < 1.29 is 14.6 Å². The summed E-state index contributed by atoms with van der Waals surface area (Å²) in [4.78, 5) is 0. The van der Waals surface area contributed by atoms with Crippen LogP contribution in [-0.2, 0) is 0 Å². The van der Waals surface area contributed by atoms with E-state index in [4.69, 9.17) is 9.47 Å². The third kappa shape index (κ3) is 3.56. The van der Waals surface area contributed by atoms with Gasteiger partial charge in [0.05, 0.1) is 13.2 Å². The van der Waals surface area contributed by atoms with E-state index >= 15 is 0 Å². The summed E-state index contributed by atoms with van der Waals surface area (Å²) in [6.07, 6.45) is -0.729. The summed E-state index contributed by atoms with van der Waals surface area (Å²) >= 11 is 0. The van der Waals surface area contributed by atoms with E-state index in [-0.39, 0.29) is 6.10 Å². The number of hydrogen-bond donors (Lipinski definition) is 1. The quantitative estimate of drug-likeness (QED) is 0.906. The standard InChI is InChI=1S/C18H22O3/c1-12(2)21-17-8-6-5-7-14(17)18(19)15-11-13(3)9-10-16(15)20-4/h5-12,18-19H,1-4H3. The highest BCUT2D eigenvalue weighted by atomic mass is 16.5. The van der Waals surface area contributed by atoms with Gasteiger partial charge in [0.1, 0.15) is 17.6 Å². The predicted molar refractivity (Wildman–Crippen MR) is 84.0 cm³/mol. The van der Waals surface area contributed by atoms with Gasteiger partial charge in [-0.1, -0.05) is 29.8 Å². The van der Waals surface area contributed by atoms with Crippen LogP contribution in [0.25, 0.3) is 0 Å². The summed E-state index contributed by atoms with van der Waals surface area (Å²) < 4.78 is 11.2. The van der Waals surface area contributed by atoms with Gasteiger partial charge in [-0.05, 0) is 39.0 Å². The summed E-state index contributed by atoms with van der Waals surface area (Å²) in [5.41, 5.74) is 2.57. The Labute approximate surface area is 126 Å². The van der Waals surface area contributed by atoms with Gasteiger partial charge < -0.3 is 14.6 Å². The van der Waals surface area contributed by atoms with Gasteiger partial charge in [-0.3, -0.25) is 0 Å². The summed E-state index contributed by atoms with van der Waals surface area (Å²) in [5.74, 6) is 1.37. The first kappa shape index (κ1) is 15.4. The van der Waals surface area contributed by atoms with Gasteiger partial charge in [0.25, 0.3) is 0 Å². The number of para-hydroxylation sites is 1. The van der Waals surface area contributed by atoms with Crippen LogP contribution in [0.4, 0.5) is 0 Å². The fourth-order valence-corrected chi connectivity index (χ4v) is 2.30. The Morgan fingerprint density at radius 1 is 0.952 bits per heavy atom. The molecule has 3 nitrogen and oxygen atoms in total. The molecule has 1 unspecified atom stereocenters. The second-order valence-electron chi connectivity index (χ2n) is 5.35. The maximum atomic E-state index is 10.8. The minimum absolute atomic E-state index is 0.0535. The summed E-state index contributed by atoms with van der Waals surface area (Å²) in [5, 5.41) is 10.8. The number of benzene rings is 2. The molecule has 3 heteroatoms. The minimum Gasteiger partial charge on any atom is -0.496 e. The lowest BCUT2D eigenvalue weighted by atomic mass is 9.98. The number of aliphatic hydroxyl groups excluding tert-OH is 1. The lowest BCUT2D eigenvalue weighted by molar-refractivity contribution is 0.194. The smallest absolute Gasteiger partial charge is 0.125 e. The maximum Gasteiger partial charge on any atom is 0.125 e. The lowest BCUT2D eigenvalue weighted by Gasteiger charge is -2.20. The van der Waals surface area contributed by atoms with E-state index in [1.165, 1.54) is 0 Å². The minimum atomic E-state index is -0.783. The summed E-state index contributed by atoms with van der Waals surface area (Å²) in [6.45, 7) is 5.93. The normalized spacial score (nSPS) is 12.3. The van der Waals surface area contributed by atoms with Gasteiger partial charge in [0.2, 0.25) is 0 Å². The van der Waals surface area contributed by atoms with Gasteiger partial charge in [-0.25, -0.2) is 0 Å². The van der Waals surface area contributed by atoms with E-state index in [1.807, 2.05) is 63.2 Å². The molecule has 0 spiro atoms. The van der Waals surface area contributed by atoms with Gasteiger partial charge in [-0.2, -0.15) is 0 Å². The Bertz CT molecular complexity index is 605. The molecular formula is C18H22O3. The molecule has 2 aromatic rings. The Hall–Kier alpha value is -2.00. The van der Waals surface area contributed by atoms with Gasteiger partial charge >= 0.3 is 0 Å². The van der Waals surface area contributed by atoms with Crippen LogP contribution in [0.2, 0.25) is 0 Å². The fraction of sp³-hybridized carbons (Fsp3) is 0.333. The van der Waals surface area contributed by atoms with Gasteiger partial charge in [0, 0.05) is 11.1 Å². The monoisotopic (exact) mass is 286 g/mol. The molecule has 0 aromatic heterocycles. The Morgan fingerprint density at radius 2 is 1.67 bits per heavy atom. The number of aryl methyl sites for hydroxylation is 1. The second kappa shape index (κ2) is 6.64. The Kier molecular flexibility index (Phi) is 4.86. The van der Waals surface area contributed by atoms with Crippen LogP contribution in [0.3, 0.4) is 0 Å². The van der Waals surface area contributed by atoms with Crippen LogP contribution in [0.5, 0.6) is 11.5 Å². The van der Waals surface area contributed by atoms with Crippen molar-refractivity contribution >= 4 is 0 Å². The third-order valence-corrected chi connectivity index (χ3v) is 3.26. The van der Waals surface area contributed by atoms with Crippen molar-refractivity contribution in [2.75, 3.05) is 7.11 Å². The molecule has 0 saturated carbocycles. The van der Waals surface area contributed by atoms with Crippen LogP contribution >= 0.6 is 0 Å². The number of rotatable bonds is 5. The average molecular weight is 286 g/mol. The SMILES string of the molecule is COc1ccc(C)cc1C(O)c1ccccc1OC(C)C. The highest BCUT2D eigenvalue weighted by Crippen LogP contribution is 2.35. The molecule has 2 aromatic carbocycles. The molecule has 0 amide bonds. The Morgan fingerprint density at radius 3 is 2.33 bits per heavy atom. The van der Waals surface area contributed by atoms with Crippen molar-refractivity contribution in [3.05, 3.63) is 59.2 Å². The van der Waals surface area contributed by atoms with Crippen molar-refractivity contribution in [3.63, 3.8) is 0 Å². The zero-order valence-electron chi connectivity index (χ0n) is 13.0. The largest absolute Gasteiger partial charge is 0.496 e.